The van der Waals surface area contributed by atoms with Crippen molar-refractivity contribution in [2.24, 2.45) is 5.73 Å². The standard InChI is InChI=1S/C12H23N3O4S/c13-12(16)9-15(10-2-1-5-14-8-10)20(17,18)11-3-6-19-7-4-11/h10-11,14H,1-9H2,(H2,13,16). The lowest BCUT2D eigenvalue weighted by Gasteiger charge is -2.36. The van der Waals surface area contributed by atoms with Crippen molar-refractivity contribution in [1.29, 1.82) is 0 Å². The van der Waals surface area contributed by atoms with Gasteiger partial charge in [0, 0.05) is 25.8 Å². The van der Waals surface area contributed by atoms with Gasteiger partial charge in [0.25, 0.3) is 0 Å². The molecular weight excluding hydrogens is 282 g/mol. The van der Waals surface area contributed by atoms with Gasteiger partial charge in [-0.15, -0.1) is 0 Å². The van der Waals surface area contributed by atoms with E-state index in [1.165, 1.54) is 4.31 Å². The van der Waals surface area contributed by atoms with Crippen LogP contribution in [0.2, 0.25) is 0 Å². The van der Waals surface area contributed by atoms with Crippen LogP contribution in [0.3, 0.4) is 0 Å². The van der Waals surface area contributed by atoms with E-state index < -0.39 is 21.2 Å². The number of rotatable bonds is 5. The Kier molecular flexibility index (Phi) is 5.36. The predicted octanol–water partition coefficient (Wildman–Crippen LogP) is -0.965. The second-order valence-corrected chi connectivity index (χ2v) is 7.53. The summed E-state index contributed by atoms with van der Waals surface area (Å²) in [6.07, 6.45) is 2.64. The molecule has 0 bridgehead atoms. The average Bonchev–Trinajstić information content (AvgIpc) is 2.46. The average molecular weight is 305 g/mol. The van der Waals surface area contributed by atoms with Crippen LogP contribution in [0.25, 0.3) is 0 Å². The number of amides is 1. The van der Waals surface area contributed by atoms with E-state index >= 15 is 0 Å². The summed E-state index contributed by atoms with van der Waals surface area (Å²) in [4.78, 5) is 11.3. The van der Waals surface area contributed by atoms with Gasteiger partial charge in [0.05, 0.1) is 11.8 Å². The van der Waals surface area contributed by atoms with Crippen molar-refractivity contribution in [3.05, 3.63) is 0 Å². The summed E-state index contributed by atoms with van der Waals surface area (Å²) in [6.45, 7) is 2.15. The first-order valence-corrected chi connectivity index (χ1v) is 8.59. The van der Waals surface area contributed by atoms with Crippen LogP contribution in [0.5, 0.6) is 0 Å². The molecule has 2 aliphatic rings. The minimum absolute atomic E-state index is 0.177. The zero-order valence-electron chi connectivity index (χ0n) is 11.6. The highest BCUT2D eigenvalue weighted by atomic mass is 32.2. The van der Waals surface area contributed by atoms with Crippen LogP contribution in [0.15, 0.2) is 0 Å². The van der Waals surface area contributed by atoms with Gasteiger partial charge in [-0.2, -0.15) is 4.31 Å². The van der Waals surface area contributed by atoms with E-state index in [0.29, 0.717) is 32.6 Å². The number of piperidine rings is 1. The highest BCUT2D eigenvalue weighted by Gasteiger charge is 2.38. The quantitative estimate of drug-likeness (QED) is 0.681. The number of carbonyl (C=O) groups is 1. The summed E-state index contributed by atoms with van der Waals surface area (Å²) >= 11 is 0. The van der Waals surface area contributed by atoms with Gasteiger partial charge in [0.15, 0.2) is 0 Å². The van der Waals surface area contributed by atoms with Crippen molar-refractivity contribution in [3.63, 3.8) is 0 Å². The van der Waals surface area contributed by atoms with E-state index in [9.17, 15) is 13.2 Å². The second kappa shape index (κ2) is 6.84. The lowest BCUT2D eigenvalue weighted by atomic mass is 10.1. The molecule has 7 nitrogen and oxygen atoms in total. The first-order valence-electron chi connectivity index (χ1n) is 7.09. The number of hydrogen-bond donors (Lipinski definition) is 2. The van der Waals surface area contributed by atoms with Crippen LogP contribution < -0.4 is 11.1 Å². The molecule has 2 saturated heterocycles. The van der Waals surface area contributed by atoms with Gasteiger partial charge in [-0.1, -0.05) is 0 Å². The Morgan fingerprint density at radius 1 is 1.30 bits per heavy atom. The van der Waals surface area contributed by atoms with Crippen LogP contribution in [-0.4, -0.2) is 62.8 Å². The molecule has 0 radical (unpaired) electrons. The minimum Gasteiger partial charge on any atom is -0.381 e. The van der Waals surface area contributed by atoms with Crippen molar-refractivity contribution in [2.45, 2.75) is 37.0 Å². The van der Waals surface area contributed by atoms with E-state index in [-0.39, 0.29) is 12.6 Å². The van der Waals surface area contributed by atoms with Gasteiger partial charge >= 0.3 is 0 Å². The van der Waals surface area contributed by atoms with Crippen molar-refractivity contribution in [2.75, 3.05) is 32.8 Å². The van der Waals surface area contributed by atoms with Crippen molar-refractivity contribution >= 4 is 15.9 Å². The number of nitrogens with two attached hydrogens (primary N) is 1. The summed E-state index contributed by atoms with van der Waals surface area (Å²) in [5.41, 5.74) is 5.24. The van der Waals surface area contributed by atoms with E-state index in [0.717, 1.165) is 19.4 Å². The zero-order chi connectivity index (χ0) is 14.6. The van der Waals surface area contributed by atoms with Crippen molar-refractivity contribution in [1.82, 2.24) is 9.62 Å². The molecule has 2 heterocycles. The summed E-state index contributed by atoms with van der Waals surface area (Å²) in [5.74, 6) is -0.605. The Morgan fingerprint density at radius 3 is 2.55 bits per heavy atom. The van der Waals surface area contributed by atoms with Crippen molar-refractivity contribution in [3.8, 4) is 0 Å². The molecule has 3 N–H and O–H groups in total. The molecule has 0 aromatic carbocycles. The van der Waals surface area contributed by atoms with E-state index in [1.54, 1.807) is 0 Å². The summed E-state index contributed by atoms with van der Waals surface area (Å²) in [6, 6.07) is -0.177. The van der Waals surface area contributed by atoms with E-state index in [1.807, 2.05) is 0 Å². The topological polar surface area (TPSA) is 102 Å². The van der Waals surface area contributed by atoms with Gasteiger partial charge in [-0.25, -0.2) is 8.42 Å². The number of carbonyl (C=O) groups excluding carboxylic acids is 1. The fourth-order valence-electron chi connectivity index (χ4n) is 2.82. The molecule has 2 aliphatic heterocycles. The van der Waals surface area contributed by atoms with E-state index in [4.69, 9.17) is 10.5 Å². The Hall–Kier alpha value is -0.700. The van der Waals surface area contributed by atoms with Crippen LogP contribution >= 0.6 is 0 Å². The highest BCUT2D eigenvalue weighted by Crippen LogP contribution is 2.23. The number of nitrogens with one attached hydrogen (secondary N) is 1. The summed E-state index contributed by atoms with van der Waals surface area (Å²) < 4.78 is 32.0. The number of ether oxygens (including phenoxy) is 1. The lowest BCUT2D eigenvalue weighted by Crippen LogP contribution is -2.54. The fraction of sp³-hybridized carbons (Fsp3) is 0.917. The molecular formula is C12H23N3O4S. The third-order valence-corrected chi connectivity index (χ3v) is 6.30. The molecule has 1 atom stereocenters. The zero-order valence-corrected chi connectivity index (χ0v) is 12.4. The molecule has 0 saturated carbocycles. The first-order chi connectivity index (χ1) is 9.51. The molecule has 0 aromatic rings. The normalized spacial score (nSPS) is 25.8. The maximum atomic E-state index is 12.8. The molecule has 0 aliphatic carbocycles. The summed E-state index contributed by atoms with van der Waals surface area (Å²) in [7, 11) is -3.51. The van der Waals surface area contributed by atoms with E-state index in [2.05, 4.69) is 5.32 Å². The Morgan fingerprint density at radius 2 is 2.00 bits per heavy atom. The third-order valence-electron chi connectivity index (χ3n) is 3.91. The SMILES string of the molecule is NC(=O)CN(C1CCCNC1)S(=O)(=O)C1CCOCC1. The molecule has 2 fully saturated rings. The number of sulfonamides is 1. The first kappa shape index (κ1) is 15.7. The van der Waals surface area contributed by atoms with Crippen LogP contribution in [-0.2, 0) is 19.6 Å². The monoisotopic (exact) mass is 305 g/mol. The largest absolute Gasteiger partial charge is 0.381 e. The Bertz CT molecular complexity index is 428. The van der Waals surface area contributed by atoms with Crippen LogP contribution in [0.4, 0.5) is 0 Å². The molecule has 8 heteroatoms. The molecule has 1 amide bonds. The minimum atomic E-state index is -3.51. The van der Waals surface area contributed by atoms with Crippen LogP contribution in [0, 0.1) is 0 Å². The maximum absolute atomic E-state index is 12.8. The van der Waals surface area contributed by atoms with Crippen molar-refractivity contribution < 1.29 is 17.9 Å². The van der Waals surface area contributed by atoms with Gasteiger partial charge in [0.2, 0.25) is 15.9 Å². The Labute approximate surface area is 119 Å². The summed E-state index contributed by atoms with van der Waals surface area (Å²) in [5, 5.41) is 2.72. The van der Waals surface area contributed by atoms with Crippen LogP contribution in [0.1, 0.15) is 25.7 Å². The maximum Gasteiger partial charge on any atom is 0.232 e. The van der Waals surface area contributed by atoms with Gasteiger partial charge in [-0.3, -0.25) is 4.79 Å². The molecule has 0 aromatic heterocycles. The molecule has 116 valence electrons. The number of nitrogens with zero attached hydrogens (tertiary/aromatic N) is 1. The third kappa shape index (κ3) is 3.69. The second-order valence-electron chi connectivity index (χ2n) is 5.37. The predicted molar refractivity (Wildman–Crippen MR) is 74.6 cm³/mol. The smallest absolute Gasteiger partial charge is 0.232 e. The molecule has 1 unspecified atom stereocenters. The highest BCUT2D eigenvalue weighted by molar-refractivity contribution is 7.89. The van der Waals surface area contributed by atoms with Gasteiger partial charge in [-0.05, 0) is 32.2 Å². The number of hydrogen-bond acceptors (Lipinski definition) is 5. The lowest BCUT2D eigenvalue weighted by molar-refractivity contribution is -0.118. The molecule has 20 heavy (non-hydrogen) atoms. The Balaban J connectivity index is 2.16. The molecule has 0 spiro atoms. The molecule has 2 rings (SSSR count). The fourth-order valence-corrected chi connectivity index (χ4v) is 4.90. The van der Waals surface area contributed by atoms with Gasteiger partial charge in [0.1, 0.15) is 0 Å². The number of primary amides is 1. The van der Waals surface area contributed by atoms with Gasteiger partial charge < -0.3 is 15.8 Å².